The molecule has 7 heteroatoms. The van der Waals surface area contributed by atoms with Crippen LogP contribution in [-0.4, -0.2) is 51.8 Å². The molecule has 28 heavy (non-hydrogen) atoms. The fraction of sp³-hybridized carbons (Fsp3) is 0.286. The number of methoxy groups -OCH3 is 1. The highest BCUT2D eigenvalue weighted by molar-refractivity contribution is 5.97. The van der Waals surface area contributed by atoms with Gasteiger partial charge in [-0.25, -0.2) is 9.67 Å². The van der Waals surface area contributed by atoms with Gasteiger partial charge in [-0.1, -0.05) is 12.1 Å². The van der Waals surface area contributed by atoms with Gasteiger partial charge in [0.05, 0.1) is 18.4 Å². The Bertz CT molecular complexity index is 924. The van der Waals surface area contributed by atoms with Crippen molar-refractivity contribution in [2.24, 2.45) is 0 Å². The summed E-state index contributed by atoms with van der Waals surface area (Å²) in [4.78, 5) is 19.1. The smallest absolute Gasteiger partial charge is 0.256 e. The average molecular weight is 377 g/mol. The van der Waals surface area contributed by atoms with Crippen LogP contribution in [0.4, 0.5) is 5.69 Å². The predicted octanol–water partition coefficient (Wildman–Crippen LogP) is 2.99. The van der Waals surface area contributed by atoms with Crippen LogP contribution < -0.4 is 10.1 Å². The van der Waals surface area contributed by atoms with Gasteiger partial charge in [-0.15, -0.1) is 0 Å². The van der Waals surface area contributed by atoms with Gasteiger partial charge in [-0.2, -0.15) is 5.10 Å². The second kappa shape index (κ2) is 8.12. The third-order valence-corrected chi connectivity index (χ3v) is 4.97. The first-order chi connectivity index (χ1) is 13.7. The number of aromatic nitrogens is 3. The van der Waals surface area contributed by atoms with Crippen molar-refractivity contribution >= 4 is 11.6 Å². The quantitative estimate of drug-likeness (QED) is 0.740. The van der Waals surface area contributed by atoms with E-state index in [1.807, 2.05) is 53.4 Å². The van der Waals surface area contributed by atoms with Gasteiger partial charge in [-0.05, 0) is 49.2 Å². The van der Waals surface area contributed by atoms with E-state index >= 15 is 0 Å². The van der Waals surface area contributed by atoms with E-state index in [2.05, 4.69) is 15.4 Å². The maximum atomic E-state index is 13.2. The van der Waals surface area contributed by atoms with Crippen LogP contribution in [0.3, 0.4) is 0 Å². The zero-order valence-electron chi connectivity index (χ0n) is 15.8. The number of amides is 1. The Morgan fingerprint density at radius 2 is 2.00 bits per heavy atom. The SMILES string of the molecule is COc1ccc(N[C@H]2CCCN(C(=O)c3ccccc3-n3cncn3)C2)cc1. The molecule has 1 fully saturated rings. The van der Waals surface area contributed by atoms with Crippen molar-refractivity contribution in [1.82, 2.24) is 19.7 Å². The Labute approximate surface area is 164 Å². The van der Waals surface area contributed by atoms with Crippen LogP contribution in [0.25, 0.3) is 5.69 Å². The van der Waals surface area contributed by atoms with Crippen molar-refractivity contribution in [2.45, 2.75) is 18.9 Å². The molecule has 4 rings (SSSR count). The van der Waals surface area contributed by atoms with Gasteiger partial charge in [0, 0.05) is 24.8 Å². The van der Waals surface area contributed by atoms with Crippen molar-refractivity contribution < 1.29 is 9.53 Å². The molecular weight excluding hydrogens is 354 g/mol. The number of carbonyl (C=O) groups is 1. The third kappa shape index (κ3) is 3.83. The van der Waals surface area contributed by atoms with Crippen LogP contribution >= 0.6 is 0 Å². The molecule has 0 radical (unpaired) electrons. The van der Waals surface area contributed by atoms with E-state index in [-0.39, 0.29) is 11.9 Å². The van der Waals surface area contributed by atoms with Gasteiger partial charge in [-0.3, -0.25) is 4.79 Å². The number of hydrogen-bond acceptors (Lipinski definition) is 5. The van der Waals surface area contributed by atoms with Crippen molar-refractivity contribution in [2.75, 3.05) is 25.5 Å². The molecule has 0 bridgehead atoms. The molecule has 7 nitrogen and oxygen atoms in total. The minimum atomic E-state index is 0.0207. The second-order valence-electron chi connectivity index (χ2n) is 6.82. The van der Waals surface area contributed by atoms with Crippen molar-refractivity contribution in [3.8, 4) is 11.4 Å². The first kappa shape index (κ1) is 18.0. The predicted molar refractivity (Wildman–Crippen MR) is 107 cm³/mol. The number of hydrogen-bond donors (Lipinski definition) is 1. The molecule has 0 spiro atoms. The highest BCUT2D eigenvalue weighted by atomic mass is 16.5. The van der Waals surface area contributed by atoms with Gasteiger partial charge in [0.1, 0.15) is 18.4 Å². The largest absolute Gasteiger partial charge is 0.497 e. The van der Waals surface area contributed by atoms with Crippen LogP contribution in [0.15, 0.2) is 61.2 Å². The first-order valence-corrected chi connectivity index (χ1v) is 9.38. The maximum absolute atomic E-state index is 13.2. The zero-order valence-corrected chi connectivity index (χ0v) is 15.8. The van der Waals surface area contributed by atoms with E-state index in [4.69, 9.17) is 4.74 Å². The normalized spacial score (nSPS) is 16.6. The van der Waals surface area contributed by atoms with E-state index in [1.165, 1.54) is 6.33 Å². The summed E-state index contributed by atoms with van der Waals surface area (Å²) in [5.74, 6) is 0.850. The van der Waals surface area contributed by atoms with Crippen molar-refractivity contribution in [3.63, 3.8) is 0 Å². The van der Waals surface area contributed by atoms with Gasteiger partial charge in [0.15, 0.2) is 0 Å². The molecule has 1 N–H and O–H groups in total. The molecule has 1 aromatic heterocycles. The van der Waals surface area contributed by atoms with E-state index in [0.717, 1.165) is 36.5 Å². The number of anilines is 1. The monoisotopic (exact) mass is 377 g/mol. The lowest BCUT2D eigenvalue weighted by Gasteiger charge is -2.34. The highest BCUT2D eigenvalue weighted by Crippen LogP contribution is 2.22. The van der Waals surface area contributed by atoms with E-state index in [9.17, 15) is 4.79 Å². The summed E-state index contributed by atoms with van der Waals surface area (Å²) < 4.78 is 6.84. The maximum Gasteiger partial charge on any atom is 0.256 e. The Hall–Kier alpha value is -3.35. The topological polar surface area (TPSA) is 72.3 Å². The Morgan fingerprint density at radius 3 is 2.75 bits per heavy atom. The van der Waals surface area contributed by atoms with Crippen molar-refractivity contribution in [3.05, 3.63) is 66.7 Å². The molecule has 3 aromatic rings. The molecule has 1 aliphatic rings. The highest BCUT2D eigenvalue weighted by Gasteiger charge is 2.26. The third-order valence-electron chi connectivity index (χ3n) is 4.97. The van der Waals surface area contributed by atoms with E-state index in [0.29, 0.717) is 12.1 Å². The molecular formula is C21H23N5O2. The summed E-state index contributed by atoms with van der Waals surface area (Å²) in [6, 6.07) is 15.6. The number of piperidine rings is 1. The molecule has 1 amide bonds. The minimum absolute atomic E-state index is 0.0207. The zero-order chi connectivity index (χ0) is 19.3. The lowest BCUT2D eigenvalue weighted by atomic mass is 10.0. The van der Waals surface area contributed by atoms with Crippen LogP contribution in [0.5, 0.6) is 5.75 Å². The summed E-state index contributed by atoms with van der Waals surface area (Å²) in [5, 5.41) is 7.71. The number of nitrogens with zero attached hydrogens (tertiary/aromatic N) is 4. The summed E-state index contributed by atoms with van der Waals surface area (Å²) in [5.41, 5.74) is 2.41. The molecule has 0 saturated carbocycles. The van der Waals surface area contributed by atoms with Gasteiger partial charge in [0.2, 0.25) is 0 Å². The Kier molecular flexibility index (Phi) is 5.23. The van der Waals surface area contributed by atoms with Crippen LogP contribution in [-0.2, 0) is 0 Å². The molecule has 1 saturated heterocycles. The Balaban J connectivity index is 1.48. The number of nitrogens with one attached hydrogen (secondary N) is 1. The fourth-order valence-corrected chi connectivity index (χ4v) is 3.56. The molecule has 1 atom stereocenters. The van der Waals surface area contributed by atoms with Gasteiger partial charge < -0.3 is 15.0 Å². The lowest BCUT2D eigenvalue weighted by molar-refractivity contribution is 0.0714. The molecule has 0 unspecified atom stereocenters. The molecule has 2 aromatic carbocycles. The summed E-state index contributed by atoms with van der Waals surface area (Å²) in [6.07, 6.45) is 5.07. The van der Waals surface area contributed by atoms with Crippen LogP contribution in [0.2, 0.25) is 0 Å². The lowest BCUT2D eigenvalue weighted by Crippen LogP contribution is -2.45. The molecule has 2 heterocycles. The first-order valence-electron chi connectivity index (χ1n) is 9.38. The second-order valence-corrected chi connectivity index (χ2v) is 6.82. The molecule has 0 aliphatic carbocycles. The number of rotatable bonds is 5. The summed E-state index contributed by atoms with van der Waals surface area (Å²) in [7, 11) is 1.66. The summed E-state index contributed by atoms with van der Waals surface area (Å²) >= 11 is 0. The van der Waals surface area contributed by atoms with Crippen LogP contribution in [0, 0.1) is 0 Å². The van der Waals surface area contributed by atoms with Crippen molar-refractivity contribution in [1.29, 1.82) is 0 Å². The average Bonchev–Trinajstić information content (AvgIpc) is 3.29. The number of para-hydroxylation sites is 1. The van der Waals surface area contributed by atoms with Gasteiger partial charge in [0.25, 0.3) is 5.91 Å². The molecule has 144 valence electrons. The van der Waals surface area contributed by atoms with Gasteiger partial charge >= 0.3 is 0 Å². The van der Waals surface area contributed by atoms with Crippen LogP contribution in [0.1, 0.15) is 23.2 Å². The van der Waals surface area contributed by atoms with E-state index < -0.39 is 0 Å². The minimum Gasteiger partial charge on any atom is -0.497 e. The van der Waals surface area contributed by atoms with E-state index in [1.54, 1.807) is 18.1 Å². The standard InChI is InChI=1S/C21H23N5O2/c1-28-18-10-8-16(9-11-18)24-17-5-4-12-25(13-17)21(27)19-6-2-3-7-20(19)26-15-22-14-23-26/h2-3,6-11,14-15,17,24H,4-5,12-13H2,1H3/t17-/m0/s1. The Morgan fingerprint density at radius 1 is 1.18 bits per heavy atom. The molecule has 1 aliphatic heterocycles. The number of carbonyl (C=O) groups excluding carboxylic acids is 1. The fourth-order valence-electron chi connectivity index (χ4n) is 3.56. The summed E-state index contributed by atoms with van der Waals surface area (Å²) in [6.45, 7) is 1.42. The number of likely N-dealkylation sites (tertiary alicyclic amines) is 1. The number of ether oxygens (including phenoxy) is 1. The number of benzene rings is 2.